The first kappa shape index (κ1) is 10.9. The van der Waals surface area contributed by atoms with Crippen molar-refractivity contribution in [2.24, 2.45) is 0 Å². The van der Waals surface area contributed by atoms with E-state index in [9.17, 15) is 0 Å². The fourth-order valence-corrected chi connectivity index (χ4v) is 2.91. The number of fused-ring (bicyclic) bond motifs is 1. The Morgan fingerprint density at radius 1 is 1.35 bits per heavy atom. The van der Waals surface area contributed by atoms with Gasteiger partial charge in [0.25, 0.3) is 0 Å². The van der Waals surface area contributed by atoms with Crippen LogP contribution in [0.4, 0.5) is 5.69 Å². The molecule has 0 spiro atoms. The molecule has 0 unspecified atom stereocenters. The minimum atomic E-state index is 0.304. The normalized spacial score (nSPS) is 12.8. The van der Waals surface area contributed by atoms with Gasteiger partial charge in [-0.05, 0) is 45.1 Å². The number of rotatable bonds is 3. The highest BCUT2D eigenvalue weighted by Gasteiger charge is 2.16. The van der Waals surface area contributed by atoms with Crippen LogP contribution < -0.4 is 14.8 Å². The molecule has 0 amide bonds. The second-order valence-corrected chi connectivity index (χ2v) is 5.94. The monoisotopic (exact) mass is 311 g/mol. The van der Waals surface area contributed by atoms with Gasteiger partial charge >= 0.3 is 0 Å². The number of thiophene rings is 1. The van der Waals surface area contributed by atoms with Crippen LogP contribution >= 0.6 is 27.3 Å². The summed E-state index contributed by atoms with van der Waals surface area (Å²) in [6, 6.07) is 7.97. The molecule has 0 fully saturated rings. The number of nitrogens with one attached hydrogen (secondary N) is 1. The Kier molecular flexibility index (Phi) is 2.94. The maximum Gasteiger partial charge on any atom is 0.231 e. The summed E-state index contributed by atoms with van der Waals surface area (Å²) in [4.78, 5) is 0. The van der Waals surface area contributed by atoms with Crippen LogP contribution in [0.3, 0.4) is 0 Å². The summed E-state index contributed by atoms with van der Waals surface area (Å²) in [6.07, 6.45) is 0. The van der Waals surface area contributed by atoms with Crippen LogP contribution in [0.25, 0.3) is 0 Å². The number of ether oxygens (including phenoxy) is 2. The van der Waals surface area contributed by atoms with E-state index < -0.39 is 0 Å². The highest BCUT2D eigenvalue weighted by Crippen LogP contribution is 2.39. The van der Waals surface area contributed by atoms with Crippen molar-refractivity contribution < 1.29 is 9.47 Å². The van der Waals surface area contributed by atoms with E-state index in [1.54, 1.807) is 11.3 Å². The fourth-order valence-electron chi connectivity index (χ4n) is 1.71. The smallest absolute Gasteiger partial charge is 0.231 e. The van der Waals surface area contributed by atoms with E-state index in [0.717, 1.165) is 27.5 Å². The summed E-state index contributed by atoms with van der Waals surface area (Å²) in [5, 5.41) is 5.48. The minimum Gasteiger partial charge on any atom is -0.454 e. The molecule has 3 rings (SSSR count). The molecule has 0 atom stereocenters. The summed E-state index contributed by atoms with van der Waals surface area (Å²) < 4.78 is 11.9. The SMILES string of the molecule is Brc1cc(CNc2cccc3c2OCO3)cs1. The minimum absolute atomic E-state index is 0.304. The van der Waals surface area contributed by atoms with Gasteiger partial charge < -0.3 is 14.8 Å². The third-order valence-corrected chi connectivity index (χ3v) is 4.05. The number of halogens is 1. The molecule has 1 aliphatic rings. The molecule has 2 heterocycles. The predicted molar refractivity (Wildman–Crippen MR) is 71.9 cm³/mol. The Bertz CT molecular complexity index is 541. The second-order valence-electron chi connectivity index (χ2n) is 3.65. The molecule has 1 N–H and O–H groups in total. The molecule has 17 heavy (non-hydrogen) atoms. The van der Waals surface area contributed by atoms with Crippen LogP contribution in [0.1, 0.15) is 5.56 Å². The van der Waals surface area contributed by atoms with Gasteiger partial charge in [-0.25, -0.2) is 0 Å². The molecular weight excluding hydrogens is 302 g/mol. The average Bonchev–Trinajstić information content (AvgIpc) is 2.94. The lowest BCUT2D eigenvalue weighted by atomic mass is 10.2. The van der Waals surface area contributed by atoms with Gasteiger partial charge in [0.05, 0.1) is 9.47 Å². The second kappa shape index (κ2) is 4.58. The van der Waals surface area contributed by atoms with E-state index >= 15 is 0 Å². The van der Waals surface area contributed by atoms with E-state index in [0.29, 0.717) is 6.79 Å². The Labute approximate surface area is 111 Å². The van der Waals surface area contributed by atoms with Gasteiger partial charge in [-0.15, -0.1) is 11.3 Å². The van der Waals surface area contributed by atoms with Crippen LogP contribution in [0.15, 0.2) is 33.4 Å². The maximum absolute atomic E-state index is 5.43. The lowest BCUT2D eigenvalue weighted by Gasteiger charge is -2.07. The standard InChI is InChI=1S/C12H10BrNO2S/c13-11-4-8(6-17-11)5-14-9-2-1-3-10-12(9)16-7-15-10/h1-4,6,14H,5,7H2. The van der Waals surface area contributed by atoms with E-state index in [1.807, 2.05) is 18.2 Å². The van der Waals surface area contributed by atoms with Crippen molar-refractivity contribution in [3.05, 3.63) is 39.0 Å². The molecule has 0 aliphatic carbocycles. The molecule has 3 nitrogen and oxygen atoms in total. The predicted octanol–water partition coefficient (Wildman–Crippen LogP) is 3.85. The van der Waals surface area contributed by atoms with Crippen molar-refractivity contribution >= 4 is 33.0 Å². The molecule has 1 aromatic carbocycles. The van der Waals surface area contributed by atoms with Gasteiger partial charge in [0, 0.05) is 6.54 Å². The lowest BCUT2D eigenvalue weighted by molar-refractivity contribution is 0.174. The summed E-state index contributed by atoms with van der Waals surface area (Å²) in [5.74, 6) is 1.61. The van der Waals surface area contributed by atoms with Crippen molar-refractivity contribution in [1.82, 2.24) is 0 Å². The van der Waals surface area contributed by atoms with Crippen LogP contribution in [-0.4, -0.2) is 6.79 Å². The molecule has 0 bridgehead atoms. The van der Waals surface area contributed by atoms with Crippen molar-refractivity contribution in [2.75, 3.05) is 12.1 Å². The van der Waals surface area contributed by atoms with E-state index in [1.165, 1.54) is 5.56 Å². The molecule has 5 heteroatoms. The van der Waals surface area contributed by atoms with Gasteiger partial charge in [0.2, 0.25) is 6.79 Å². The molecule has 0 saturated carbocycles. The van der Waals surface area contributed by atoms with Gasteiger partial charge in [-0.3, -0.25) is 0 Å². The van der Waals surface area contributed by atoms with Gasteiger partial charge in [-0.2, -0.15) is 0 Å². The zero-order valence-corrected chi connectivity index (χ0v) is 11.3. The maximum atomic E-state index is 5.43. The van der Waals surface area contributed by atoms with E-state index in [-0.39, 0.29) is 0 Å². The van der Waals surface area contributed by atoms with Gasteiger partial charge in [0.1, 0.15) is 0 Å². The number of benzene rings is 1. The van der Waals surface area contributed by atoms with Crippen molar-refractivity contribution in [3.63, 3.8) is 0 Å². The van der Waals surface area contributed by atoms with E-state index in [4.69, 9.17) is 9.47 Å². The Morgan fingerprint density at radius 2 is 2.29 bits per heavy atom. The number of hydrogen-bond donors (Lipinski definition) is 1. The van der Waals surface area contributed by atoms with Crippen molar-refractivity contribution in [1.29, 1.82) is 0 Å². The Hall–Kier alpha value is -1.20. The first-order valence-electron chi connectivity index (χ1n) is 5.18. The summed E-state index contributed by atoms with van der Waals surface area (Å²) >= 11 is 5.14. The summed E-state index contributed by atoms with van der Waals surface area (Å²) in [6.45, 7) is 1.08. The first-order chi connectivity index (χ1) is 8.33. The Balaban J connectivity index is 1.75. The highest BCUT2D eigenvalue weighted by atomic mass is 79.9. The average molecular weight is 312 g/mol. The number of hydrogen-bond acceptors (Lipinski definition) is 4. The van der Waals surface area contributed by atoms with Crippen molar-refractivity contribution in [2.45, 2.75) is 6.54 Å². The fraction of sp³-hybridized carbons (Fsp3) is 0.167. The summed E-state index contributed by atoms with van der Waals surface area (Å²) in [5.41, 5.74) is 2.22. The lowest BCUT2D eigenvalue weighted by Crippen LogP contribution is -1.99. The zero-order valence-electron chi connectivity index (χ0n) is 8.90. The molecular formula is C12H10BrNO2S. The zero-order chi connectivity index (χ0) is 11.7. The van der Waals surface area contributed by atoms with Crippen LogP contribution in [0.2, 0.25) is 0 Å². The topological polar surface area (TPSA) is 30.5 Å². The third-order valence-electron chi connectivity index (χ3n) is 2.50. The largest absolute Gasteiger partial charge is 0.454 e. The van der Waals surface area contributed by atoms with Gasteiger partial charge in [-0.1, -0.05) is 6.07 Å². The molecule has 2 aromatic rings. The molecule has 1 aliphatic heterocycles. The number of anilines is 1. The van der Waals surface area contributed by atoms with Gasteiger partial charge in [0.15, 0.2) is 11.5 Å². The molecule has 0 saturated heterocycles. The summed E-state index contributed by atoms with van der Waals surface area (Å²) in [7, 11) is 0. The van der Waals surface area contributed by atoms with Crippen molar-refractivity contribution in [3.8, 4) is 11.5 Å². The quantitative estimate of drug-likeness (QED) is 0.934. The highest BCUT2D eigenvalue weighted by molar-refractivity contribution is 9.11. The first-order valence-corrected chi connectivity index (χ1v) is 6.85. The number of para-hydroxylation sites is 1. The molecule has 1 aromatic heterocycles. The third kappa shape index (κ3) is 2.25. The van der Waals surface area contributed by atoms with E-state index in [2.05, 4.69) is 32.7 Å². The Morgan fingerprint density at radius 3 is 3.12 bits per heavy atom. The molecule has 88 valence electrons. The molecule has 0 radical (unpaired) electrons. The van der Waals surface area contributed by atoms with Crippen LogP contribution in [-0.2, 0) is 6.54 Å². The van der Waals surface area contributed by atoms with Crippen LogP contribution in [0, 0.1) is 0 Å². The van der Waals surface area contributed by atoms with Crippen LogP contribution in [0.5, 0.6) is 11.5 Å².